The van der Waals surface area contributed by atoms with Crippen LogP contribution in [0.15, 0.2) is 85.1 Å². The van der Waals surface area contributed by atoms with Crippen molar-refractivity contribution in [1.29, 1.82) is 0 Å². The topological polar surface area (TPSA) is 56.9 Å². The lowest BCUT2D eigenvalue weighted by atomic mass is 9.91. The molecule has 0 aliphatic carbocycles. The number of aromatic nitrogens is 1. The van der Waals surface area contributed by atoms with Gasteiger partial charge in [-0.15, -0.1) is 0 Å². The van der Waals surface area contributed by atoms with Crippen LogP contribution >= 0.6 is 11.6 Å². The molecule has 0 aliphatic rings. The molecule has 1 heterocycles. The van der Waals surface area contributed by atoms with E-state index in [1.165, 1.54) is 0 Å². The first-order chi connectivity index (χ1) is 13.7. The van der Waals surface area contributed by atoms with Crippen LogP contribution in [-0.2, 0) is 0 Å². The molecule has 0 aliphatic heterocycles. The first-order valence-electron chi connectivity index (χ1n) is 9.12. The van der Waals surface area contributed by atoms with Gasteiger partial charge in [0.25, 0.3) is 0 Å². The Kier molecular flexibility index (Phi) is 5.31. The van der Waals surface area contributed by atoms with Crippen LogP contribution < -0.4 is 10.6 Å². The lowest BCUT2D eigenvalue weighted by molar-refractivity contribution is 0.252. The van der Waals surface area contributed by atoms with E-state index in [-0.39, 0.29) is 11.9 Å². The molecule has 4 aromatic rings. The van der Waals surface area contributed by atoms with Gasteiger partial charge in [-0.05, 0) is 35.4 Å². The van der Waals surface area contributed by atoms with E-state index in [0.717, 1.165) is 22.0 Å². The second kappa shape index (κ2) is 8.19. The summed E-state index contributed by atoms with van der Waals surface area (Å²) in [5.74, 6) is 0.0301. The number of hydrogen-bond donors (Lipinski definition) is 3. The van der Waals surface area contributed by atoms with Crippen molar-refractivity contribution in [3.63, 3.8) is 0 Å². The molecule has 0 bridgehead atoms. The Morgan fingerprint density at radius 1 is 0.964 bits per heavy atom. The van der Waals surface area contributed by atoms with E-state index in [2.05, 4.69) is 39.9 Å². The Morgan fingerprint density at radius 3 is 2.57 bits per heavy atom. The van der Waals surface area contributed by atoms with E-state index in [1.807, 2.05) is 36.5 Å². The van der Waals surface area contributed by atoms with E-state index in [9.17, 15) is 4.79 Å². The van der Waals surface area contributed by atoms with Gasteiger partial charge in [-0.3, -0.25) is 0 Å². The third-order valence-corrected chi connectivity index (χ3v) is 4.98. The van der Waals surface area contributed by atoms with Crippen molar-refractivity contribution in [2.24, 2.45) is 0 Å². The zero-order valence-electron chi connectivity index (χ0n) is 15.2. The van der Waals surface area contributed by atoms with Gasteiger partial charge in [0.1, 0.15) is 0 Å². The molecular weight excluding hydrogens is 370 g/mol. The highest BCUT2D eigenvalue weighted by molar-refractivity contribution is 6.30. The molecule has 0 fully saturated rings. The number of halogens is 1. The molecule has 0 saturated carbocycles. The number of nitrogens with one attached hydrogen (secondary N) is 3. The predicted molar refractivity (Wildman–Crippen MR) is 115 cm³/mol. The molecule has 3 N–H and O–H groups in total. The van der Waals surface area contributed by atoms with Gasteiger partial charge in [0.2, 0.25) is 0 Å². The van der Waals surface area contributed by atoms with Crippen LogP contribution in [-0.4, -0.2) is 17.6 Å². The fourth-order valence-electron chi connectivity index (χ4n) is 3.41. The summed E-state index contributed by atoms with van der Waals surface area (Å²) in [5, 5.41) is 7.57. The number of rotatable bonds is 5. The van der Waals surface area contributed by atoms with E-state index < -0.39 is 0 Å². The quantitative estimate of drug-likeness (QED) is 0.398. The normalized spacial score (nSPS) is 11.9. The summed E-state index contributed by atoms with van der Waals surface area (Å²) < 4.78 is 0. The Hall–Kier alpha value is -3.24. The average Bonchev–Trinajstić information content (AvgIpc) is 3.13. The molecule has 1 aromatic heterocycles. The van der Waals surface area contributed by atoms with Crippen LogP contribution in [0.25, 0.3) is 10.9 Å². The maximum absolute atomic E-state index is 12.4. The molecule has 1 atom stereocenters. The number of amides is 2. The smallest absolute Gasteiger partial charge is 0.319 e. The molecular formula is C23H20ClN3O. The third kappa shape index (κ3) is 4.02. The zero-order valence-corrected chi connectivity index (χ0v) is 15.9. The fraction of sp³-hybridized carbons (Fsp3) is 0.0870. The van der Waals surface area contributed by atoms with Gasteiger partial charge >= 0.3 is 6.03 Å². The predicted octanol–water partition coefficient (Wildman–Crippen LogP) is 5.77. The number of carbonyl (C=O) groups is 1. The largest absolute Gasteiger partial charge is 0.361 e. The number of hydrogen-bond acceptors (Lipinski definition) is 1. The minimum Gasteiger partial charge on any atom is -0.361 e. The van der Waals surface area contributed by atoms with Crippen molar-refractivity contribution in [3.8, 4) is 0 Å². The Morgan fingerprint density at radius 2 is 1.75 bits per heavy atom. The lowest BCUT2D eigenvalue weighted by Gasteiger charge is -2.18. The Bertz CT molecular complexity index is 1090. The summed E-state index contributed by atoms with van der Waals surface area (Å²) in [6.45, 7) is 0.470. The van der Waals surface area contributed by atoms with Crippen molar-refractivity contribution >= 4 is 34.2 Å². The van der Waals surface area contributed by atoms with Crippen LogP contribution in [0.2, 0.25) is 5.02 Å². The van der Waals surface area contributed by atoms with Gasteiger partial charge < -0.3 is 15.6 Å². The van der Waals surface area contributed by atoms with Crippen molar-refractivity contribution < 1.29 is 4.79 Å². The molecule has 5 heteroatoms. The standard InChI is InChI=1S/C23H20ClN3O/c24-17-9-6-10-18(13-17)27-23(28)26-14-20(16-7-2-1-3-8-16)21-15-25-22-12-5-4-11-19(21)22/h1-13,15,20,25H,14H2,(H2,26,27,28)/t20-/m1/s1. The summed E-state index contributed by atoms with van der Waals surface area (Å²) >= 11 is 5.98. The second-order valence-electron chi connectivity index (χ2n) is 6.60. The maximum Gasteiger partial charge on any atom is 0.319 e. The number of urea groups is 1. The first kappa shape index (κ1) is 18.1. The number of benzene rings is 3. The monoisotopic (exact) mass is 389 g/mol. The van der Waals surface area contributed by atoms with Gasteiger partial charge in [0.05, 0.1) is 0 Å². The zero-order chi connectivity index (χ0) is 19.3. The van der Waals surface area contributed by atoms with Crippen molar-refractivity contribution in [1.82, 2.24) is 10.3 Å². The summed E-state index contributed by atoms with van der Waals surface area (Å²) in [4.78, 5) is 15.7. The highest BCUT2D eigenvalue weighted by atomic mass is 35.5. The van der Waals surface area contributed by atoms with E-state index in [0.29, 0.717) is 17.3 Å². The van der Waals surface area contributed by atoms with E-state index in [1.54, 1.807) is 24.3 Å². The SMILES string of the molecule is O=C(NC[C@H](c1ccccc1)c1c[nH]c2ccccc12)Nc1cccc(Cl)c1. The molecule has 0 unspecified atom stereocenters. The summed E-state index contributed by atoms with van der Waals surface area (Å²) in [6, 6.07) is 25.2. The van der Waals surface area contributed by atoms with Gasteiger partial charge in [-0.1, -0.05) is 66.2 Å². The molecule has 3 aromatic carbocycles. The number of carbonyl (C=O) groups excluding carboxylic acids is 1. The molecule has 0 radical (unpaired) electrons. The minimum atomic E-state index is -0.261. The summed E-state index contributed by atoms with van der Waals surface area (Å²) in [5.41, 5.74) is 4.05. The van der Waals surface area contributed by atoms with Crippen LogP contribution in [0.1, 0.15) is 17.0 Å². The molecule has 0 spiro atoms. The average molecular weight is 390 g/mol. The summed E-state index contributed by atoms with van der Waals surface area (Å²) in [7, 11) is 0. The molecule has 140 valence electrons. The molecule has 28 heavy (non-hydrogen) atoms. The fourth-order valence-corrected chi connectivity index (χ4v) is 3.60. The van der Waals surface area contributed by atoms with Crippen molar-refractivity contribution in [2.45, 2.75) is 5.92 Å². The highest BCUT2D eigenvalue weighted by Gasteiger charge is 2.19. The first-order valence-corrected chi connectivity index (χ1v) is 9.50. The minimum absolute atomic E-state index is 0.0301. The highest BCUT2D eigenvalue weighted by Crippen LogP contribution is 2.30. The Balaban J connectivity index is 1.56. The van der Waals surface area contributed by atoms with Gasteiger partial charge in [-0.2, -0.15) is 0 Å². The van der Waals surface area contributed by atoms with Crippen molar-refractivity contribution in [3.05, 3.63) is 101 Å². The maximum atomic E-state index is 12.4. The number of para-hydroxylation sites is 1. The summed E-state index contributed by atoms with van der Waals surface area (Å²) in [6.07, 6.45) is 2.03. The lowest BCUT2D eigenvalue weighted by Crippen LogP contribution is -2.32. The van der Waals surface area contributed by atoms with Gasteiger partial charge in [0, 0.05) is 40.3 Å². The van der Waals surface area contributed by atoms with Gasteiger partial charge in [0.15, 0.2) is 0 Å². The van der Waals surface area contributed by atoms with Crippen LogP contribution in [0.4, 0.5) is 10.5 Å². The van der Waals surface area contributed by atoms with Crippen molar-refractivity contribution in [2.75, 3.05) is 11.9 Å². The molecule has 4 nitrogen and oxygen atoms in total. The molecule has 0 saturated heterocycles. The molecule has 2 amide bonds. The number of anilines is 1. The second-order valence-corrected chi connectivity index (χ2v) is 7.03. The molecule has 4 rings (SSSR count). The van der Waals surface area contributed by atoms with Gasteiger partial charge in [-0.25, -0.2) is 4.79 Å². The number of H-pyrrole nitrogens is 1. The van der Waals surface area contributed by atoms with Crippen LogP contribution in [0.3, 0.4) is 0 Å². The van der Waals surface area contributed by atoms with Crippen LogP contribution in [0.5, 0.6) is 0 Å². The number of fused-ring (bicyclic) bond motifs is 1. The number of aromatic amines is 1. The third-order valence-electron chi connectivity index (χ3n) is 4.75. The van der Waals surface area contributed by atoms with E-state index in [4.69, 9.17) is 11.6 Å². The van der Waals surface area contributed by atoms with E-state index >= 15 is 0 Å². The van der Waals surface area contributed by atoms with Crippen LogP contribution in [0, 0.1) is 0 Å². The Labute approximate surface area is 168 Å².